The highest BCUT2D eigenvalue weighted by Crippen LogP contribution is 2.25. The Bertz CT molecular complexity index is 798. The molecule has 3 aromatic carbocycles. The zero-order chi connectivity index (χ0) is 16.1. The van der Waals surface area contributed by atoms with Gasteiger partial charge in [0.05, 0.1) is 0 Å². The summed E-state index contributed by atoms with van der Waals surface area (Å²) in [6.45, 7) is 0.422. The summed E-state index contributed by atoms with van der Waals surface area (Å²) in [5, 5.41) is 0. The van der Waals surface area contributed by atoms with Crippen molar-refractivity contribution < 1.29 is 13.5 Å². The Morgan fingerprint density at radius 2 is 1.48 bits per heavy atom. The number of rotatable bonds is 5. The number of hydrogen-bond donors (Lipinski definition) is 0. The van der Waals surface area contributed by atoms with Crippen molar-refractivity contribution in [2.24, 2.45) is 0 Å². The topological polar surface area (TPSA) is 49.4 Å². The molecular weight excluding hydrogens is 308 g/mol. The van der Waals surface area contributed by atoms with E-state index < -0.39 is 11.1 Å². The van der Waals surface area contributed by atoms with E-state index in [-0.39, 0.29) is 4.90 Å². The van der Waals surface area contributed by atoms with Crippen LogP contribution in [0.5, 0.6) is 5.75 Å². The normalized spacial score (nSPS) is 11.9. The SMILES string of the molecule is O=S([O-])c1ccc(OCc2ccccc2-c2ccccc2)cc1. The van der Waals surface area contributed by atoms with Crippen LogP contribution >= 0.6 is 0 Å². The second-order valence-electron chi connectivity index (χ2n) is 5.02. The lowest BCUT2D eigenvalue weighted by Crippen LogP contribution is -1.98. The van der Waals surface area contributed by atoms with Crippen LogP contribution < -0.4 is 4.74 Å². The fraction of sp³-hybridized carbons (Fsp3) is 0.0526. The minimum absolute atomic E-state index is 0.252. The van der Waals surface area contributed by atoms with E-state index in [1.54, 1.807) is 12.1 Å². The Hall–Kier alpha value is -2.43. The highest BCUT2D eigenvalue weighted by Gasteiger charge is 2.05. The van der Waals surface area contributed by atoms with Crippen LogP contribution in [0.25, 0.3) is 11.1 Å². The van der Waals surface area contributed by atoms with Crippen molar-refractivity contribution >= 4 is 11.1 Å². The van der Waals surface area contributed by atoms with Crippen molar-refractivity contribution in [1.82, 2.24) is 0 Å². The molecule has 0 saturated carbocycles. The summed E-state index contributed by atoms with van der Waals surface area (Å²) >= 11 is -2.21. The smallest absolute Gasteiger partial charge is 0.119 e. The van der Waals surface area contributed by atoms with Gasteiger partial charge < -0.3 is 9.29 Å². The Morgan fingerprint density at radius 1 is 0.826 bits per heavy atom. The first-order valence-electron chi connectivity index (χ1n) is 7.19. The maximum atomic E-state index is 10.9. The minimum atomic E-state index is -2.21. The maximum Gasteiger partial charge on any atom is 0.119 e. The quantitative estimate of drug-likeness (QED) is 0.662. The van der Waals surface area contributed by atoms with Crippen LogP contribution in [-0.2, 0) is 17.7 Å². The third-order valence-corrected chi connectivity index (χ3v) is 4.17. The number of benzene rings is 3. The van der Waals surface area contributed by atoms with Gasteiger partial charge in [0.2, 0.25) is 0 Å². The lowest BCUT2D eigenvalue weighted by atomic mass is 10.0. The Morgan fingerprint density at radius 3 is 2.17 bits per heavy atom. The molecule has 0 radical (unpaired) electrons. The monoisotopic (exact) mass is 323 g/mol. The molecular formula is C19H15O3S-. The zero-order valence-corrected chi connectivity index (χ0v) is 13.2. The fourth-order valence-electron chi connectivity index (χ4n) is 2.35. The van der Waals surface area contributed by atoms with Gasteiger partial charge in [-0.1, -0.05) is 54.6 Å². The fourth-order valence-corrected chi connectivity index (χ4v) is 2.71. The van der Waals surface area contributed by atoms with Crippen LogP contribution in [0.15, 0.2) is 83.8 Å². The van der Waals surface area contributed by atoms with E-state index in [0.717, 1.165) is 16.7 Å². The zero-order valence-electron chi connectivity index (χ0n) is 12.3. The summed E-state index contributed by atoms with van der Waals surface area (Å²) in [7, 11) is 0. The van der Waals surface area contributed by atoms with Gasteiger partial charge in [0.1, 0.15) is 12.4 Å². The van der Waals surface area contributed by atoms with E-state index >= 15 is 0 Å². The Labute approximate surface area is 137 Å². The molecule has 1 unspecified atom stereocenters. The molecule has 0 fully saturated rings. The second kappa shape index (κ2) is 7.22. The molecule has 3 nitrogen and oxygen atoms in total. The van der Waals surface area contributed by atoms with Crippen molar-refractivity contribution in [2.75, 3.05) is 0 Å². The molecule has 0 N–H and O–H groups in total. The van der Waals surface area contributed by atoms with Crippen LogP contribution in [0.1, 0.15) is 5.56 Å². The molecule has 1 atom stereocenters. The second-order valence-corrected chi connectivity index (χ2v) is 5.96. The predicted molar refractivity (Wildman–Crippen MR) is 89.8 cm³/mol. The van der Waals surface area contributed by atoms with Crippen molar-refractivity contribution in [1.29, 1.82) is 0 Å². The Balaban J connectivity index is 1.77. The summed E-state index contributed by atoms with van der Waals surface area (Å²) in [5.74, 6) is 0.641. The van der Waals surface area contributed by atoms with E-state index in [1.807, 2.05) is 36.4 Å². The van der Waals surface area contributed by atoms with Gasteiger partial charge in [0.25, 0.3) is 0 Å². The molecule has 0 aliphatic carbocycles. The first-order chi connectivity index (χ1) is 11.2. The molecule has 0 heterocycles. The van der Waals surface area contributed by atoms with Crippen LogP contribution in [0.2, 0.25) is 0 Å². The van der Waals surface area contributed by atoms with Gasteiger partial charge >= 0.3 is 0 Å². The van der Waals surface area contributed by atoms with E-state index in [9.17, 15) is 8.76 Å². The average molecular weight is 323 g/mol. The molecule has 0 amide bonds. The van der Waals surface area contributed by atoms with Crippen LogP contribution in [0, 0.1) is 0 Å². The molecule has 3 rings (SSSR count). The van der Waals surface area contributed by atoms with Crippen molar-refractivity contribution in [3.8, 4) is 16.9 Å². The van der Waals surface area contributed by atoms with Gasteiger partial charge in [-0.2, -0.15) is 0 Å². The molecule has 4 heteroatoms. The van der Waals surface area contributed by atoms with Crippen LogP contribution in [0.3, 0.4) is 0 Å². The van der Waals surface area contributed by atoms with Gasteiger partial charge in [0.15, 0.2) is 0 Å². The molecule has 0 aromatic heterocycles. The van der Waals surface area contributed by atoms with E-state index in [2.05, 4.69) is 18.2 Å². The average Bonchev–Trinajstić information content (AvgIpc) is 2.61. The molecule has 3 aromatic rings. The lowest BCUT2D eigenvalue weighted by molar-refractivity contribution is 0.306. The largest absolute Gasteiger partial charge is 0.768 e. The van der Waals surface area contributed by atoms with Crippen molar-refractivity contribution in [3.05, 3.63) is 84.4 Å². The van der Waals surface area contributed by atoms with Crippen LogP contribution in [0.4, 0.5) is 0 Å². The molecule has 0 aliphatic rings. The Kier molecular flexibility index (Phi) is 4.86. The lowest BCUT2D eigenvalue weighted by Gasteiger charge is -2.12. The number of ether oxygens (including phenoxy) is 1. The standard InChI is InChI=1S/C19H16O3S/c20-23(21)18-12-10-17(11-13-18)22-14-16-8-4-5-9-19(16)15-6-2-1-3-7-15/h1-13H,14H2,(H,20,21)/p-1. The summed E-state index contributed by atoms with van der Waals surface area (Å²) in [6.07, 6.45) is 0. The summed E-state index contributed by atoms with van der Waals surface area (Å²) < 4.78 is 27.5. The molecule has 0 saturated heterocycles. The van der Waals surface area contributed by atoms with Crippen molar-refractivity contribution in [2.45, 2.75) is 11.5 Å². The van der Waals surface area contributed by atoms with Gasteiger partial charge in [-0.25, -0.2) is 0 Å². The predicted octanol–water partition coefficient (Wildman–Crippen LogP) is 4.17. The van der Waals surface area contributed by atoms with Gasteiger partial charge in [-0.15, -0.1) is 0 Å². The van der Waals surface area contributed by atoms with Gasteiger partial charge in [0, 0.05) is 4.90 Å². The van der Waals surface area contributed by atoms with Crippen molar-refractivity contribution in [3.63, 3.8) is 0 Å². The molecule has 0 bridgehead atoms. The van der Waals surface area contributed by atoms with Gasteiger partial charge in [-0.3, -0.25) is 4.21 Å². The summed E-state index contributed by atoms with van der Waals surface area (Å²) in [6, 6.07) is 24.6. The first-order valence-corrected chi connectivity index (χ1v) is 8.27. The summed E-state index contributed by atoms with van der Waals surface area (Å²) in [4.78, 5) is 0.252. The maximum absolute atomic E-state index is 10.9. The van der Waals surface area contributed by atoms with E-state index in [1.165, 1.54) is 12.1 Å². The molecule has 0 aliphatic heterocycles. The first kappa shape index (κ1) is 15.5. The van der Waals surface area contributed by atoms with E-state index in [0.29, 0.717) is 12.4 Å². The van der Waals surface area contributed by atoms with Crippen LogP contribution in [-0.4, -0.2) is 8.76 Å². The molecule has 116 valence electrons. The molecule has 23 heavy (non-hydrogen) atoms. The highest BCUT2D eigenvalue weighted by molar-refractivity contribution is 7.79. The minimum Gasteiger partial charge on any atom is -0.768 e. The third-order valence-electron chi connectivity index (χ3n) is 3.51. The highest BCUT2D eigenvalue weighted by atomic mass is 32.2. The van der Waals surface area contributed by atoms with Gasteiger partial charge in [-0.05, 0) is 52.0 Å². The van der Waals surface area contributed by atoms with E-state index in [4.69, 9.17) is 4.74 Å². The summed E-state index contributed by atoms with van der Waals surface area (Å²) in [5.41, 5.74) is 3.35. The molecule has 0 spiro atoms. The third kappa shape index (κ3) is 3.86. The number of hydrogen-bond acceptors (Lipinski definition) is 3.